The van der Waals surface area contributed by atoms with E-state index in [4.69, 9.17) is 4.74 Å². The Labute approximate surface area is 134 Å². The molecule has 0 aromatic heterocycles. The Hall–Kier alpha value is -0.570. The molecule has 22 heavy (non-hydrogen) atoms. The van der Waals surface area contributed by atoms with Gasteiger partial charge in [-0.05, 0) is 55.3 Å². The van der Waals surface area contributed by atoms with E-state index in [9.17, 15) is 9.90 Å². The maximum atomic E-state index is 12.9. The summed E-state index contributed by atoms with van der Waals surface area (Å²) >= 11 is 0. The van der Waals surface area contributed by atoms with Crippen molar-refractivity contribution in [3.8, 4) is 0 Å². The highest BCUT2D eigenvalue weighted by Crippen LogP contribution is 2.59. The van der Waals surface area contributed by atoms with Crippen molar-refractivity contribution in [1.82, 2.24) is 0 Å². The van der Waals surface area contributed by atoms with Crippen molar-refractivity contribution in [2.45, 2.75) is 84.3 Å². The Morgan fingerprint density at radius 2 is 1.68 bits per heavy atom. The highest BCUT2D eigenvalue weighted by Gasteiger charge is 2.59. The molecule has 3 nitrogen and oxygen atoms in total. The summed E-state index contributed by atoms with van der Waals surface area (Å²) in [6.07, 6.45) is 5.63. The molecule has 0 heterocycles. The molecule has 4 rings (SSSR count). The molecule has 126 valence electrons. The van der Waals surface area contributed by atoms with Crippen LogP contribution in [0.4, 0.5) is 0 Å². The molecule has 1 N–H and O–H groups in total. The molecule has 4 bridgehead atoms. The summed E-state index contributed by atoms with van der Waals surface area (Å²) in [5.41, 5.74) is -1.04. The Balaban J connectivity index is 1.79. The van der Waals surface area contributed by atoms with E-state index in [1.54, 1.807) is 0 Å². The molecule has 0 radical (unpaired) electrons. The van der Waals surface area contributed by atoms with Crippen molar-refractivity contribution < 1.29 is 14.6 Å². The minimum Gasteiger partial charge on any atom is -0.459 e. The first-order chi connectivity index (χ1) is 10.0. The predicted molar refractivity (Wildman–Crippen MR) is 86.2 cm³/mol. The molecule has 0 aromatic rings. The van der Waals surface area contributed by atoms with Crippen molar-refractivity contribution in [3.63, 3.8) is 0 Å². The van der Waals surface area contributed by atoms with Crippen LogP contribution in [0.3, 0.4) is 0 Å². The van der Waals surface area contributed by atoms with E-state index >= 15 is 0 Å². The molecule has 4 aliphatic carbocycles. The third-order valence-corrected chi connectivity index (χ3v) is 6.15. The third-order valence-electron chi connectivity index (χ3n) is 6.15. The van der Waals surface area contributed by atoms with Gasteiger partial charge in [0.2, 0.25) is 0 Å². The number of ether oxygens (including phenoxy) is 1. The number of carbonyl (C=O) groups is 1. The zero-order valence-electron chi connectivity index (χ0n) is 14.8. The van der Waals surface area contributed by atoms with Gasteiger partial charge in [0.1, 0.15) is 5.60 Å². The normalized spacial score (nSPS) is 41.8. The minimum absolute atomic E-state index is 0.0481. The van der Waals surface area contributed by atoms with Gasteiger partial charge < -0.3 is 9.84 Å². The van der Waals surface area contributed by atoms with E-state index < -0.39 is 5.60 Å². The number of hydrogen-bond acceptors (Lipinski definition) is 3. The molecule has 4 saturated carbocycles. The lowest BCUT2D eigenvalue weighted by Gasteiger charge is -2.59. The summed E-state index contributed by atoms with van der Waals surface area (Å²) in [6.45, 7) is 10.6. The highest BCUT2D eigenvalue weighted by molar-refractivity contribution is 5.74. The molecule has 3 heteroatoms. The van der Waals surface area contributed by atoms with E-state index in [1.165, 1.54) is 6.42 Å². The molecule has 0 aliphatic heterocycles. The van der Waals surface area contributed by atoms with Crippen LogP contribution in [0.25, 0.3) is 0 Å². The van der Waals surface area contributed by atoms with Crippen LogP contribution in [-0.4, -0.2) is 22.3 Å². The first-order valence-electron chi connectivity index (χ1n) is 8.97. The monoisotopic (exact) mass is 308 g/mol. The van der Waals surface area contributed by atoms with Crippen LogP contribution in [0.2, 0.25) is 0 Å². The fourth-order valence-electron chi connectivity index (χ4n) is 6.15. The van der Waals surface area contributed by atoms with E-state index in [-0.39, 0.29) is 28.8 Å². The van der Waals surface area contributed by atoms with Gasteiger partial charge in [-0.2, -0.15) is 0 Å². The molecular formula is C19H32O3. The SMILES string of the molecule is CC(C)C(C(=O)OC12CC3CC(CC(O)(C3)C1)C2)C(C)(C)C. The molecule has 0 saturated heterocycles. The third kappa shape index (κ3) is 2.81. The second kappa shape index (κ2) is 4.96. The summed E-state index contributed by atoms with van der Waals surface area (Å²) in [5, 5.41) is 10.8. The number of aliphatic hydroxyl groups is 1. The van der Waals surface area contributed by atoms with E-state index in [2.05, 4.69) is 34.6 Å². The summed E-state index contributed by atoms with van der Waals surface area (Å²) in [7, 11) is 0. The summed E-state index contributed by atoms with van der Waals surface area (Å²) < 4.78 is 6.17. The van der Waals surface area contributed by atoms with Crippen molar-refractivity contribution in [2.75, 3.05) is 0 Å². The molecule has 3 unspecified atom stereocenters. The average molecular weight is 308 g/mol. The second-order valence-corrected chi connectivity index (χ2v) is 9.88. The lowest BCUT2D eigenvalue weighted by atomic mass is 9.52. The van der Waals surface area contributed by atoms with Crippen LogP contribution in [0, 0.1) is 29.1 Å². The fourth-order valence-corrected chi connectivity index (χ4v) is 6.15. The van der Waals surface area contributed by atoms with Gasteiger partial charge in [-0.15, -0.1) is 0 Å². The van der Waals surface area contributed by atoms with Crippen molar-refractivity contribution in [3.05, 3.63) is 0 Å². The Bertz CT molecular complexity index is 446. The number of rotatable bonds is 3. The molecule has 0 amide bonds. The molecule has 0 aromatic carbocycles. The van der Waals surface area contributed by atoms with Crippen molar-refractivity contribution in [1.29, 1.82) is 0 Å². The molecule has 0 spiro atoms. The van der Waals surface area contributed by atoms with Gasteiger partial charge in [-0.3, -0.25) is 4.79 Å². The van der Waals surface area contributed by atoms with Gasteiger partial charge in [0.05, 0.1) is 11.5 Å². The maximum Gasteiger partial charge on any atom is 0.310 e. The number of hydrogen-bond donors (Lipinski definition) is 1. The Morgan fingerprint density at radius 1 is 1.14 bits per heavy atom. The smallest absolute Gasteiger partial charge is 0.310 e. The van der Waals surface area contributed by atoms with Gasteiger partial charge >= 0.3 is 5.97 Å². The van der Waals surface area contributed by atoms with Crippen LogP contribution in [0.5, 0.6) is 0 Å². The van der Waals surface area contributed by atoms with E-state index in [0.717, 1.165) is 25.7 Å². The topological polar surface area (TPSA) is 46.5 Å². The Kier molecular flexibility index (Phi) is 3.67. The first-order valence-corrected chi connectivity index (χ1v) is 8.97. The summed E-state index contributed by atoms with van der Waals surface area (Å²) in [4.78, 5) is 12.9. The quantitative estimate of drug-likeness (QED) is 0.804. The highest BCUT2D eigenvalue weighted by atomic mass is 16.6. The molecule has 3 atom stereocenters. The van der Waals surface area contributed by atoms with Gasteiger partial charge in [-0.1, -0.05) is 34.6 Å². The van der Waals surface area contributed by atoms with Crippen LogP contribution in [0.15, 0.2) is 0 Å². The van der Waals surface area contributed by atoms with Crippen LogP contribution in [0.1, 0.15) is 73.1 Å². The predicted octanol–water partition coefficient (Wildman–Crippen LogP) is 3.93. The van der Waals surface area contributed by atoms with Gasteiger partial charge in [0.15, 0.2) is 0 Å². The van der Waals surface area contributed by atoms with Crippen LogP contribution >= 0.6 is 0 Å². The lowest BCUT2D eigenvalue weighted by molar-refractivity contribution is -0.225. The van der Waals surface area contributed by atoms with E-state index in [1.807, 2.05) is 0 Å². The van der Waals surface area contributed by atoms with Gasteiger partial charge in [-0.25, -0.2) is 0 Å². The molecule has 4 aliphatic rings. The zero-order valence-corrected chi connectivity index (χ0v) is 14.8. The van der Waals surface area contributed by atoms with Crippen LogP contribution in [-0.2, 0) is 9.53 Å². The lowest BCUT2D eigenvalue weighted by Crippen LogP contribution is -2.61. The van der Waals surface area contributed by atoms with Crippen LogP contribution < -0.4 is 0 Å². The second-order valence-electron chi connectivity index (χ2n) is 9.88. The largest absolute Gasteiger partial charge is 0.459 e. The van der Waals surface area contributed by atoms with Gasteiger partial charge in [0, 0.05) is 6.42 Å². The first kappa shape index (κ1) is 16.3. The maximum absolute atomic E-state index is 12.9. The summed E-state index contributed by atoms with van der Waals surface area (Å²) in [5.74, 6) is 1.23. The summed E-state index contributed by atoms with van der Waals surface area (Å²) in [6, 6.07) is 0. The standard InChI is InChI=1S/C19H32O3/c1-12(2)15(17(3,4)5)16(20)22-19-9-13-6-14(10-19)8-18(21,7-13)11-19/h12-15,21H,6-11H2,1-5H3. The fraction of sp³-hybridized carbons (Fsp3) is 0.947. The Morgan fingerprint density at radius 3 is 2.09 bits per heavy atom. The average Bonchev–Trinajstić information content (AvgIpc) is 2.19. The zero-order chi connectivity index (χ0) is 16.3. The number of carbonyl (C=O) groups excluding carboxylic acids is 1. The van der Waals surface area contributed by atoms with E-state index in [0.29, 0.717) is 18.3 Å². The molecule has 4 fully saturated rings. The molecular weight excluding hydrogens is 276 g/mol. The van der Waals surface area contributed by atoms with Crippen molar-refractivity contribution >= 4 is 5.97 Å². The number of esters is 1. The van der Waals surface area contributed by atoms with Crippen molar-refractivity contribution in [2.24, 2.45) is 29.1 Å². The minimum atomic E-state index is -0.570. The van der Waals surface area contributed by atoms with Gasteiger partial charge in [0.25, 0.3) is 0 Å².